The number of ether oxygens (including phenoxy) is 1. The molecule has 3 nitrogen and oxygen atoms in total. The second-order valence-corrected chi connectivity index (χ2v) is 4.80. The van der Waals surface area contributed by atoms with Gasteiger partial charge in [-0.25, -0.2) is 9.18 Å². The summed E-state index contributed by atoms with van der Waals surface area (Å²) in [7, 11) is 0. The van der Waals surface area contributed by atoms with Crippen molar-refractivity contribution in [3.63, 3.8) is 0 Å². The molecular weight excluding hydrogens is 197 g/mol. The van der Waals surface area contributed by atoms with Crippen LogP contribution in [0.15, 0.2) is 12.7 Å². The lowest BCUT2D eigenvalue weighted by Gasteiger charge is -2.24. The lowest BCUT2D eigenvalue weighted by atomic mass is 10.1. The number of likely N-dealkylation sites (tertiary alicyclic amines) is 1. The van der Waals surface area contributed by atoms with E-state index in [-0.39, 0.29) is 12.5 Å². The molecule has 2 unspecified atom stereocenters. The van der Waals surface area contributed by atoms with Gasteiger partial charge in [0.25, 0.3) is 0 Å². The maximum absolute atomic E-state index is 13.3. The van der Waals surface area contributed by atoms with Gasteiger partial charge in [0.2, 0.25) is 0 Å². The van der Waals surface area contributed by atoms with E-state index < -0.39 is 17.9 Å². The molecule has 15 heavy (non-hydrogen) atoms. The third kappa shape index (κ3) is 3.22. The summed E-state index contributed by atoms with van der Waals surface area (Å²) in [5.41, 5.74) is -0.533. The van der Waals surface area contributed by atoms with Crippen molar-refractivity contribution in [3.8, 4) is 0 Å². The van der Waals surface area contributed by atoms with Crippen LogP contribution in [0.1, 0.15) is 20.8 Å². The van der Waals surface area contributed by atoms with E-state index in [1.165, 1.54) is 4.90 Å². The van der Waals surface area contributed by atoms with Crippen LogP contribution in [-0.2, 0) is 4.74 Å². The number of halogens is 1. The number of amides is 1. The smallest absolute Gasteiger partial charge is 0.410 e. The molecule has 1 aliphatic heterocycles. The summed E-state index contributed by atoms with van der Waals surface area (Å²) in [6.07, 6.45) is 0.0826. The van der Waals surface area contributed by atoms with Crippen molar-refractivity contribution in [2.24, 2.45) is 5.92 Å². The first kappa shape index (κ1) is 12.0. The third-order valence-electron chi connectivity index (χ3n) is 2.25. The molecule has 0 bridgehead atoms. The van der Waals surface area contributed by atoms with Crippen LogP contribution in [0, 0.1) is 5.92 Å². The van der Waals surface area contributed by atoms with E-state index in [9.17, 15) is 9.18 Å². The maximum Gasteiger partial charge on any atom is 0.410 e. The normalized spacial score (nSPS) is 26.5. The molecule has 1 heterocycles. The summed E-state index contributed by atoms with van der Waals surface area (Å²) >= 11 is 0. The second kappa shape index (κ2) is 4.21. The second-order valence-electron chi connectivity index (χ2n) is 4.80. The van der Waals surface area contributed by atoms with E-state index in [2.05, 4.69) is 6.58 Å². The van der Waals surface area contributed by atoms with Crippen molar-refractivity contribution in [2.45, 2.75) is 32.5 Å². The fourth-order valence-electron chi connectivity index (χ4n) is 1.49. The Labute approximate surface area is 89.9 Å². The molecule has 86 valence electrons. The SMILES string of the molecule is C=CC1CN(C(=O)OC(C)(C)C)CC1F. The average molecular weight is 215 g/mol. The number of hydrogen-bond donors (Lipinski definition) is 0. The van der Waals surface area contributed by atoms with E-state index in [1.807, 2.05) is 0 Å². The van der Waals surface area contributed by atoms with Crippen LogP contribution in [0.25, 0.3) is 0 Å². The summed E-state index contributed by atoms with van der Waals surface area (Å²) in [4.78, 5) is 13.0. The fourth-order valence-corrected chi connectivity index (χ4v) is 1.49. The molecular formula is C11H18FNO2. The molecule has 1 fully saturated rings. The largest absolute Gasteiger partial charge is 0.444 e. The van der Waals surface area contributed by atoms with Crippen LogP contribution in [-0.4, -0.2) is 35.9 Å². The van der Waals surface area contributed by atoms with Crippen LogP contribution in [0.2, 0.25) is 0 Å². The Morgan fingerprint density at radius 2 is 2.13 bits per heavy atom. The van der Waals surface area contributed by atoms with Crippen molar-refractivity contribution in [1.29, 1.82) is 0 Å². The van der Waals surface area contributed by atoms with Gasteiger partial charge in [0.1, 0.15) is 11.8 Å². The highest BCUT2D eigenvalue weighted by Crippen LogP contribution is 2.22. The predicted octanol–water partition coefficient (Wildman–Crippen LogP) is 2.38. The quantitative estimate of drug-likeness (QED) is 0.628. The zero-order valence-electron chi connectivity index (χ0n) is 9.50. The van der Waals surface area contributed by atoms with Crippen molar-refractivity contribution in [2.75, 3.05) is 13.1 Å². The number of nitrogens with zero attached hydrogens (tertiary/aromatic N) is 1. The molecule has 1 aliphatic rings. The molecule has 0 aromatic carbocycles. The molecule has 0 saturated carbocycles. The number of carbonyl (C=O) groups is 1. The Morgan fingerprint density at radius 3 is 2.53 bits per heavy atom. The van der Waals surface area contributed by atoms with Gasteiger partial charge >= 0.3 is 6.09 Å². The van der Waals surface area contributed by atoms with Crippen LogP contribution in [0.3, 0.4) is 0 Å². The highest BCUT2D eigenvalue weighted by Gasteiger charge is 2.35. The van der Waals surface area contributed by atoms with Crippen LogP contribution in [0.4, 0.5) is 9.18 Å². The minimum atomic E-state index is -1.02. The molecule has 1 saturated heterocycles. The molecule has 0 spiro atoms. The average Bonchev–Trinajstić information content (AvgIpc) is 2.43. The van der Waals surface area contributed by atoms with Gasteiger partial charge in [0.15, 0.2) is 0 Å². The van der Waals surface area contributed by atoms with E-state index in [0.717, 1.165) is 0 Å². The highest BCUT2D eigenvalue weighted by molar-refractivity contribution is 5.68. The number of carbonyl (C=O) groups excluding carboxylic acids is 1. The Bertz CT molecular complexity index is 260. The third-order valence-corrected chi connectivity index (χ3v) is 2.25. The zero-order chi connectivity index (χ0) is 11.6. The standard InChI is InChI=1S/C11H18FNO2/c1-5-8-6-13(7-9(8)12)10(14)15-11(2,3)4/h5,8-9H,1,6-7H2,2-4H3. The molecule has 4 heteroatoms. The van der Waals surface area contributed by atoms with Crippen molar-refractivity contribution in [3.05, 3.63) is 12.7 Å². The molecule has 0 N–H and O–H groups in total. The first-order valence-electron chi connectivity index (χ1n) is 5.08. The maximum atomic E-state index is 13.3. The first-order valence-corrected chi connectivity index (χ1v) is 5.08. The summed E-state index contributed by atoms with van der Waals surface area (Å²) < 4.78 is 18.5. The van der Waals surface area contributed by atoms with Gasteiger partial charge in [-0.3, -0.25) is 0 Å². The van der Waals surface area contributed by atoms with Crippen molar-refractivity contribution < 1.29 is 13.9 Å². The molecule has 0 aliphatic carbocycles. The lowest BCUT2D eigenvalue weighted by Crippen LogP contribution is -2.35. The molecule has 2 atom stereocenters. The molecule has 0 aromatic rings. The minimum Gasteiger partial charge on any atom is -0.444 e. The lowest BCUT2D eigenvalue weighted by molar-refractivity contribution is 0.0282. The van der Waals surface area contributed by atoms with E-state index >= 15 is 0 Å². The van der Waals surface area contributed by atoms with Gasteiger partial charge in [-0.1, -0.05) is 6.08 Å². The Hall–Kier alpha value is -1.06. The van der Waals surface area contributed by atoms with Crippen LogP contribution >= 0.6 is 0 Å². The summed E-state index contributed by atoms with van der Waals surface area (Å²) in [5, 5.41) is 0. The van der Waals surface area contributed by atoms with Gasteiger partial charge < -0.3 is 9.64 Å². The summed E-state index contributed by atoms with van der Waals surface area (Å²) in [6.45, 7) is 9.38. The highest BCUT2D eigenvalue weighted by atomic mass is 19.1. The zero-order valence-corrected chi connectivity index (χ0v) is 9.50. The monoisotopic (exact) mass is 215 g/mol. The van der Waals surface area contributed by atoms with Gasteiger partial charge in [0, 0.05) is 12.5 Å². The Balaban J connectivity index is 2.53. The van der Waals surface area contributed by atoms with E-state index in [4.69, 9.17) is 4.74 Å². The number of alkyl halides is 1. The van der Waals surface area contributed by atoms with Gasteiger partial charge in [-0.2, -0.15) is 0 Å². The van der Waals surface area contributed by atoms with Crippen LogP contribution < -0.4 is 0 Å². The first-order chi connectivity index (χ1) is 6.83. The van der Waals surface area contributed by atoms with E-state index in [0.29, 0.717) is 6.54 Å². The van der Waals surface area contributed by atoms with E-state index in [1.54, 1.807) is 26.8 Å². The number of rotatable bonds is 1. The molecule has 0 radical (unpaired) electrons. The Kier molecular flexibility index (Phi) is 3.37. The molecule has 0 aromatic heterocycles. The Morgan fingerprint density at radius 1 is 1.53 bits per heavy atom. The molecule has 1 rings (SSSR count). The van der Waals surface area contributed by atoms with Gasteiger partial charge in [-0.15, -0.1) is 6.58 Å². The van der Waals surface area contributed by atoms with Crippen molar-refractivity contribution in [1.82, 2.24) is 4.90 Å². The summed E-state index contributed by atoms with van der Waals surface area (Å²) in [5.74, 6) is -0.266. The van der Waals surface area contributed by atoms with Gasteiger partial charge in [-0.05, 0) is 20.8 Å². The predicted molar refractivity (Wildman–Crippen MR) is 56.4 cm³/mol. The number of hydrogen-bond acceptors (Lipinski definition) is 2. The fraction of sp³-hybridized carbons (Fsp3) is 0.727. The van der Waals surface area contributed by atoms with Crippen LogP contribution in [0.5, 0.6) is 0 Å². The molecule has 1 amide bonds. The topological polar surface area (TPSA) is 29.5 Å². The summed E-state index contributed by atoms with van der Waals surface area (Å²) in [6, 6.07) is 0. The van der Waals surface area contributed by atoms with Crippen molar-refractivity contribution >= 4 is 6.09 Å². The van der Waals surface area contributed by atoms with Gasteiger partial charge in [0.05, 0.1) is 6.54 Å². The minimum absolute atomic E-state index is 0.103.